The van der Waals surface area contributed by atoms with E-state index in [0.29, 0.717) is 22.6 Å². The van der Waals surface area contributed by atoms with Crippen LogP contribution >= 0.6 is 0 Å². The molecule has 0 aliphatic heterocycles. The van der Waals surface area contributed by atoms with E-state index in [0.717, 1.165) is 0 Å². The number of nitriles is 3. The van der Waals surface area contributed by atoms with Gasteiger partial charge in [0, 0.05) is 0 Å². The zero-order valence-corrected chi connectivity index (χ0v) is 24.9. The molecule has 0 saturated carbocycles. The number of aromatic hydroxyl groups is 1. The largest absolute Gasteiger partial charge is 0.507 e. The van der Waals surface area contributed by atoms with Gasteiger partial charge < -0.3 is 29.2 Å². The minimum Gasteiger partial charge on any atom is -0.507 e. The number of hydrogen-bond donors (Lipinski definition) is 2. The maximum Gasteiger partial charge on any atom is 0.337 e. The van der Waals surface area contributed by atoms with Crippen molar-refractivity contribution in [2.45, 2.75) is 39.9 Å². The van der Waals surface area contributed by atoms with Gasteiger partial charge in [0.15, 0.2) is 0 Å². The topological polar surface area (TPSA) is 200 Å². The number of hydrogen-bond acceptors (Lipinski definition) is 11. The average molecular weight is 602 g/mol. The SMILES string of the molecule is CC(C)Oc1ccc(C(=O)O)cc1C#N.COC(=O)c1ccc(O)c(C#N)c1.COC(=O)c1ccc(OC(C)C)c(C#N)c1. The first-order valence-corrected chi connectivity index (χ1v) is 12.9. The van der Waals surface area contributed by atoms with Gasteiger partial charge in [-0.2, -0.15) is 15.8 Å². The zero-order valence-electron chi connectivity index (χ0n) is 24.9. The third-order valence-electron chi connectivity index (χ3n) is 5.13. The number of carboxylic acids is 1. The van der Waals surface area contributed by atoms with Crippen molar-refractivity contribution in [1.29, 1.82) is 15.8 Å². The van der Waals surface area contributed by atoms with Gasteiger partial charge in [0.25, 0.3) is 0 Å². The molecule has 3 aromatic rings. The summed E-state index contributed by atoms with van der Waals surface area (Å²) in [6, 6.07) is 18.5. The fourth-order valence-electron chi connectivity index (χ4n) is 3.20. The van der Waals surface area contributed by atoms with Crippen LogP contribution < -0.4 is 9.47 Å². The van der Waals surface area contributed by atoms with Crippen LogP contribution in [0.15, 0.2) is 54.6 Å². The number of phenols is 1. The number of phenolic OH excluding ortho intramolecular Hbond substituents is 1. The maximum atomic E-state index is 11.2. The number of rotatable bonds is 7. The Kier molecular flexibility index (Phi) is 14.5. The molecule has 0 spiro atoms. The normalized spacial score (nSPS) is 9.48. The van der Waals surface area contributed by atoms with E-state index in [-0.39, 0.29) is 40.2 Å². The van der Waals surface area contributed by atoms with E-state index >= 15 is 0 Å². The molecule has 0 fully saturated rings. The molecule has 0 atom stereocenters. The smallest absolute Gasteiger partial charge is 0.337 e. The predicted molar refractivity (Wildman–Crippen MR) is 156 cm³/mol. The molecule has 228 valence electrons. The highest BCUT2D eigenvalue weighted by molar-refractivity contribution is 5.90. The second kappa shape index (κ2) is 17.7. The van der Waals surface area contributed by atoms with Crippen molar-refractivity contribution in [3.8, 4) is 35.5 Å². The lowest BCUT2D eigenvalue weighted by Crippen LogP contribution is -2.08. The lowest BCUT2D eigenvalue weighted by molar-refractivity contribution is 0.0591. The number of benzene rings is 3. The Morgan fingerprint density at radius 3 is 1.36 bits per heavy atom. The molecule has 0 aliphatic rings. The molecular weight excluding hydrogens is 570 g/mol. The number of nitrogens with zero attached hydrogens (tertiary/aromatic N) is 3. The van der Waals surface area contributed by atoms with Crippen molar-refractivity contribution >= 4 is 17.9 Å². The van der Waals surface area contributed by atoms with Gasteiger partial charge in [-0.15, -0.1) is 0 Å². The number of carbonyl (C=O) groups is 3. The van der Waals surface area contributed by atoms with Crippen LogP contribution in [0.2, 0.25) is 0 Å². The van der Waals surface area contributed by atoms with Gasteiger partial charge in [-0.25, -0.2) is 14.4 Å². The first kappa shape index (κ1) is 36.0. The highest BCUT2D eigenvalue weighted by atomic mass is 16.5. The highest BCUT2D eigenvalue weighted by Crippen LogP contribution is 2.22. The lowest BCUT2D eigenvalue weighted by Gasteiger charge is -2.11. The Balaban J connectivity index is 0.000000332. The molecule has 0 bridgehead atoms. The van der Waals surface area contributed by atoms with Gasteiger partial charge in [-0.05, 0) is 82.3 Å². The number of methoxy groups -OCH3 is 2. The summed E-state index contributed by atoms with van der Waals surface area (Å²) in [6.07, 6.45) is -0.0659. The predicted octanol–water partition coefficient (Wildman–Crippen LogP) is 5.23. The van der Waals surface area contributed by atoms with Crippen LogP contribution in [0, 0.1) is 34.0 Å². The summed E-state index contributed by atoms with van der Waals surface area (Å²) in [6.45, 7) is 7.42. The van der Waals surface area contributed by atoms with Crippen molar-refractivity contribution in [3.05, 3.63) is 88.0 Å². The first-order valence-electron chi connectivity index (χ1n) is 12.9. The number of carboxylic acid groups (broad SMARTS) is 1. The van der Waals surface area contributed by atoms with E-state index in [1.54, 1.807) is 18.2 Å². The van der Waals surface area contributed by atoms with Crippen molar-refractivity contribution < 1.29 is 43.5 Å². The van der Waals surface area contributed by atoms with Crippen LogP contribution in [0.4, 0.5) is 0 Å². The fourth-order valence-corrected chi connectivity index (χ4v) is 3.20. The standard InChI is InChI=1S/C12H13NO3.C11H11NO3.C9H7NO3/c1-8(2)16-11-5-4-9(12(14)15-3)6-10(11)7-13;1-7(2)15-10-4-3-8(11(13)14)5-9(10)6-12;1-13-9(12)6-2-3-8(11)7(4-6)5-10/h4-6,8H,1-3H3;3-5,7H,1-2H3,(H,13,14);2-4,11H,1H3. The Morgan fingerprint density at radius 1 is 0.636 bits per heavy atom. The van der Waals surface area contributed by atoms with Gasteiger partial charge in [0.1, 0.15) is 35.5 Å². The summed E-state index contributed by atoms with van der Waals surface area (Å²) in [4.78, 5) is 32.9. The molecule has 12 heteroatoms. The van der Waals surface area contributed by atoms with E-state index in [1.807, 2.05) is 39.8 Å². The fraction of sp³-hybridized carbons (Fsp3) is 0.250. The quantitative estimate of drug-likeness (QED) is 0.335. The van der Waals surface area contributed by atoms with E-state index in [1.165, 1.54) is 56.7 Å². The second-order valence-electron chi connectivity index (χ2n) is 9.11. The Morgan fingerprint density at radius 2 is 1.00 bits per heavy atom. The number of aromatic carboxylic acids is 1. The van der Waals surface area contributed by atoms with Crippen molar-refractivity contribution in [1.82, 2.24) is 0 Å². The molecule has 0 unspecified atom stereocenters. The molecule has 12 nitrogen and oxygen atoms in total. The lowest BCUT2D eigenvalue weighted by atomic mass is 10.1. The Labute approximate surface area is 254 Å². The van der Waals surface area contributed by atoms with Gasteiger partial charge in [-0.1, -0.05) is 0 Å². The number of ether oxygens (including phenoxy) is 4. The molecule has 0 heterocycles. The number of carbonyl (C=O) groups excluding carboxylic acids is 2. The monoisotopic (exact) mass is 601 g/mol. The third-order valence-corrected chi connectivity index (χ3v) is 5.13. The third kappa shape index (κ3) is 11.1. The molecule has 0 radical (unpaired) electrons. The molecular formula is C32H31N3O9. The average Bonchev–Trinajstić information content (AvgIpc) is 3.00. The molecule has 2 N–H and O–H groups in total. The Bertz CT molecular complexity index is 1610. The van der Waals surface area contributed by atoms with Crippen LogP contribution in [-0.4, -0.2) is 54.5 Å². The van der Waals surface area contributed by atoms with E-state index in [9.17, 15) is 14.4 Å². The van der Waals surface area contributed by atoms with Crippen LogP contribution in [0.1, 0.15) is 75.5 Å². The molecule has 0 amide bonds. The van der Waals surface area contributed by atoms with Gasteiger partial charge in [0.2, 0.25) is 0 Å². The van der Waals surface area contributed by atoms with Gasteiger partial charge >= 0.3 is 17.9 Å². The summed E-state index contributed by atoms with van der Waals surface area (Å²) in [5.41, 5.74) is 1.30. The summed E-state index contributed by atoms with van der Waals surface area (Å²) in [5.74, 6) is -1.30. The summed E-state index contributed by atoms with van der Waals surface area (Å²) < 4.78 is 19.8. The van der Waals surface area contributed by atoms with Gasteiger partial charge in [-0.3, -0.25) is 0 Å². The molecule has 0 aromatic heterocycles. The van der Waals surface area contributed by atoms with Crippen LogP contribution in [0.5, 0.6) is 17.2 Å². The van der Waals surface area contributed by atoms with Crippen LogP contribution in [0.25, 0.3) is 0 Å². The molecule has 0 saturated heterocycles. The minimum atomic E-state index is -1.05. The summed E-state index contributed by atoms with van der Waals surface area (Å²) in [5, 5.41) is 44.1. The maximum absolute atomic E-state index is 11.2. The number of esters is 2. The molecule has 3 rings (SSSR count). The van der Waals surface area contributed by atoms with Crippen molar-refractivity contribution in [2.75, 3.05) is 14.2 Å². The van der Waals surface area contributed by atoms with E-state index in [4.69, 9.17) is 35.5 Å². The molecule has 3 aromatic carbocycles. The minimum absolute atomic E-state index is 0.0175. The van der Waals surface area contributed by atoms with Crippen LogP contribution in [-0.2, 0) is 9.47 Å². The van der Waals surface area contributed by atoms with Crippen molar-refractivity contribution in [2.24, 2.45) is 0 Å². The Hall–Kier alpha value is -6.06. The summed E-state index contributed by atoms with van der Waals surface area (Å²) in [7, 11) is 2.55. The van der Waals surface area contributed by atoms with E-state index in [2.05, 4.69) is 9.47 Å². The van der Waals surface area contributed by atoms with Crippen molar-refractivity contribution in [3.63, 3.8) is 0 Å². The molecule has 0 aliphatic carbocycles. The zero-order chi connectivity index (χ0) is 33.4. The van der Waals surface area contributed by atoms with E-state index < -0.39 is 17.9 Å². The van der Waals surface area contributed by atoms with Crippen LogP contribution in [0.3, 0.4) is 0 Å². The summed E-state index contributed by atoms with van der Waals surface area (Å²) >= 11 is 0. The first-order chi connectivity index (χ1) is 20.8. The highest BCUT2D eigenvalue weighted by Gasteiger charge is 2.12. The molecule has 44 heavy (non-hydrogen) atoms. The second-order valence-corrected chi connectivity index (χ2v) is 9.11. The van der Waals surface area contributed by atoms with Gasteiger partial charge in [0.05, 0.1) is 59.8 Å².